The van der Waals surface area contributed by atoms with E-state index in [0.29, 0.717) is 11.6 Å². The van der Waals surface area contributed by atoms with E-state index in [1.807, 2.05) is 42.7 Å². The molecule has 0 fully saturated rings. The summed E-state index contributed by atoms with van der Waals surface area (Å²) >= 11 is 0. The number of nitrogens with one attached hydrogen (secondary N) is 1. The molecule has 5 nitrogen and oxygen atoms in total. The number of hydrogen-bond acceptors (Lipinski definition) is 3. The molecule has 0 bridgehead atoms. The fourth-order valence-corrected chi connectivity index (χ4v) is 9.51. The third-order valence-electron chi connectivity index (χ3n) is 11.9. The Bertz CT molecular complexity index is 2810. The highest BCUT2D eigenvalue weighted by atomic mass is 15.2. The second kappa shape index (κ2) is 13.5. The van der Waals surface area contributed by atoms with E-state index in [1.54, 1.807) is 0 Å². The van der Waals surface area contributed by atoms with Crippen LogP contribution in [0.25, 0.3) is 57.2 Å². The van der Waals surface area contributed by atoms with Crippen molar-refractivity contribution in [3.05, 3.63) is 209 Å². The van der Waals surface area contributed by atoms with Gasteiger partial charge in [-0.25, -0.2) is 0 Å². The first-order chi connectivity index (χ1) is 28.0. The lowest BCUT2D eigenvalue weighted by Crippen LogP contribution is -2.44. The molecule has 8 aromatic rings. The van der Waals surface area contributed by atoms with Crippen LogP contribution in [-0.2, 0) is 5.41 Å². The number of nitrogen functional groups attached to an aromatic ring is 2. The Morgan fingerprint density at radius 2 is 1.07 bits per heavy atom. The molecule has 6 aromatic carbocycles. The van der Waals surface area contributed by atoms with Crippen molar-refractivity contribution < 1.29 is 0 Å². The molecule has 5 N–H and O–H groups in total. The Labute approximate surface area is 333 Å². The zero-order valence-electron chi connectivity index (χ0n) is 32.0. The molecule has 1 atom stereocenters. The molecule has 5 heteroatoms. The van der Waals surface area contributed by atoms with E-state index in [2.05, 4.69) is 174 Å². The molecule has 0 spiro atoms. The number of fused-ring (bicyclic) bond motifs is 6. The van der Waals surface area contributed by atoms with Crippen LogP contribution in [0, 0.1) is 0 Å². The van der Waals surface area contributed by atoms with Crippen LogP contribution in [0.5, 0.6) is 0 Å². The summed E-state index contributed by atoms with van der Waals surface area (Å²) in [5, 5.41) is 5.43. The highest BCUT2D eigenvalue weighted by Crippen LogP contribution is 2.57. The normalized spacial score (nSPS) is 15.4. The highest BCUT2D eigenvalue weighted by molar-refractivity contribution is 6.07. The zero-order valence-corrected chi connectivity index (χ0v) is 32.0. The van der Waals surface area contributed by atoms with Gasteiger partial charge in [0.25, 0.3) is 0 Å². The summed E-state index contributed by atoms with van der Waals surface area (Å²) in [4.78, 5) is 0. The summed E-state index contributed by atoms with van der Waals surface area (Å²) in [7, 11) is 0. The van der Waals surface area contributed by atoms with Gasteiger partial charge in [0.15, 0.2) is 0 Å². The number of anilines is 3. The van der Waals surface area contributed by atoms with Gasteiger partial charge in [0.2, 0.25) is 0 Å². The molecule has 2 aliphatic rings. The molecule has 3 heterocycles. The van der Waals surface area contributed by atoms with E-state index in [9.17, 15) is 0 Å². The minimum Gasteiger partial charge on any atom is -0.384 e. The molecule has 1 aliphatic heterocycles. The van der Waals surface area contributed by atoms with Gasteiger partial charge in [-0.1, -0.05) is 152 Å². The lowest BCUT2D eigenvalue weighted by molar-refractivity contribution is 0.603. The molecule has 0 radical (unpaired) electrons. The minimum atomic E-state index is -0.446. The first kappa shape index (κ1) is 34.3. The molecule has 1 unspecified atom stereocenters. The summed E-state index contributed by atoms with van der Waals surface area (Å²) < 4.78 is 4.33. The fraction of sp³-hybridized carbons (Fsp3) is 0.0769. The van der Waals surface area contributed by atoms with E-state index in [-0.39, 0.29) is 6.04 Å². The van der Waals surface area contributed by atoms with Crippen molar-refractivity contribution in [2.24, 2.45) is 0 Å². The van der Waals surface area contributed by atoms with Crippen LogP contribution in [0.3, 0.4) is 0 Å². The first-order valence-electron chi connectivity index (χ1n) is 19.6. The van der Waals surface area contributed by atoms with Gasteiger partial charge in [-0.3, -0.25) is 9.13 Å². The number of nitrogens with zero attached hydrogens (tertiary/aromatic N) is 2. The van der Waals surface area contributed by atoms with E-state index in [4.69, 9.17) is 11.5 Å². The first-order valence-corrected chi connectivity index (χ1v) is 19.6. The average molecular weight is 738 g/mol. The Hall–Kier alpha value is -7.24. The number of hydrogen-bond donors (Lipinski definition) is 3. The van der Waals surface area contributed by atoms with Gasteiger partial charge < -0.3 is 16.8 Å². The number of aromatic nitrogens is 2. The van der Waals surface area contributed by atoms with Crippen molar-refractivity contribution in [1.82, 2.24) is 9.13 Å². The van der Waals surface area contributed by atoms with Crippen molar-refractivity contribution in [3.8, 4) is 22.5 Å². The molecular weight excluding hydrogens is 695 g/mol. The second-order valence-electron chi connectivity index (χ2n) is 14.9. The van der Waals surface area contributed by atoms with Crippen LogP contribution >= 0.6 is 0 Å². The maximum atomic E-state index is 6.67. The molecule has 276 valence electrons. The number of allylic oxidation sites excluding steroid dienone is 2. The number of para-hydroxylation sites is 1. The van der Waals surface area contributed by atoms with Gasteiger partial charge in [-0.2, -0.15) is 0 Å². The average Bonchev–Trinajstić information content (AvgIpc) is 3.83. The van der Waals surface area contributed by atoms with Crippen molar-refractivity contribution in [1.29, 1.82) is 0 Å². The van der Waals surface area contributed by atoms with Crippen LogP contribution in [0.2, 0.25) is 0 Å². The second-order valence-corrected chi connectivity index (χ2v) is 14.9. The molecule has 0 saturated carbocycles. The Kier molecular flexibility index (Phi) is 8.12. The molecule has 0 saturated heterocycles. The van der Waals surface area contributed by atoms with Gasteiger partial charge in [0.1, 0.15) is 17.5 Å². The molecule has 10 rings (SSSR count). The summed E-state index contributed by atoms with van der Waals surface area (Å²) in [6, 6.07) is 57.0. The standard InChI is InChI=1S/C52H43N5/c1-3-15-42-43(16-4-2)50(54)57(49(42)53)39-31-27-35(28-32-39)34-25-29-38(30-26-34)56-47-24-14-12-22-41(47)45-33-44-40-21-11-13-23-46(40)52(48(44)55-51(45)56,36-17-7-5-8-18-36)37-19-9-6-10-20-37/h3-33,48,55H,53-54H2,1-2H3/b15-3-,16-4-. The Morgan fingerprint density at radius 1 is 0.561 bits per heavy atom. The Balaban J connectivity index is 1.07. The molecule has 1 aliphatic carbocycles. The van der Waals surface area contributed by atoms with Crippen LogP contribution < -0.4 is 16.8 Å². The monoisotopic (exact) mass is 737 g/mol. The van der Waals surface area contributed by atoms with Crippen molar-refractivity contribution in [3.63, 3.8) is 0 Å². The topological polar surface area (TPSA) is 73.9 Å². The fourth-order valence-electron chi connectivity index (χ4n) is 9.51. The van der Waals surface area contributed by atoms with Crippen molar-refractivity contribution in [2.75, 3.05) is 16.8 Å². The third kappa shape index (κ3) is 5.09. The number of benzene rings is 6. The van der Waals surface area contributed by atoms with Gasteiger partial charge in [0.05, 0.1) is 17.0 Å². The SMILES string of the molecule is C/C=C\c1c(/C=C\C)c(N)n(-c2ccc(-c3ccc(-n4c5c(c6ccccc64)C=C4c6ccccc6C(c6ccccc6)(c6ccccc6)C4N5)cc3)cc2)c1N. The smallest absolute Gasteiger partial charge is 0.119 e. The quantitative estimate of drug-likeness (QED) is 0.152. The van der Waals surface area contributed by atoms with Crippen molar-refractivity contribution >= 4 is 52.2 Å². The van der Waals surface area contributed by atoms with Crippen LogP contribution in [0.4, 0.5) is 17.5 Å². The van der Waals surface area contributed by atoms with Gasteiger partial charge in [-0.15, -0.1) is 0 Å². The summed E-state index contributed by atoms with van der Waals surface area (Å²) in [6.45, 7) is 3.97. The lowest BCUT2D eigenvalue weighted by Gasteiger charge is -2.40. The minimum absolute atomic E-state index is 0.0421. The van der Waals surface area contributed by atoms with Crippen LogP contribution in [0.1, 0.15) is 52.8 Å². The number of rotatable bonds is 7. The summed E-state index contributed by atoms with van der Waals surface area (Å²) in [5.74, 6) is 2.35. The molecular formula is C52H43N5. The molecule has 57 heavy (non-hydrogen) atoms. The highest BCUT2D eigenvalue weighted by Gasteiger charge is 2.53. The summed E-state index contributed by atoms with van der Waals surface area (Å²) in [6.07, 6.45) is 10.5. The maximum Gasteiger partial charge on any atom is 0.119 e. The van der Waals surface area contributed by atoms with E-state index >= 15 is 0 Å². The van der Waals surface area contributed by atoms with Crippen LogP contribution in [0.15, 0.2) is 170 Å². The molecule has 2 aromatic heterocycles. The number of nitrogens with two attached hydrogens (primary N) is 2. The predicted molar refractivity (Wildman–Crippen MR) is 241 cm³/mol. The summed E-state index contributed by atoms with van der Waals surface area (Å²) in [5.41, 5.74) is 27.8. The molecule has 0 amide bonds. The van der Waals surface area contributed by atoms with Gasteiger partial charge in [-0.05, 0) is 89.2 Å². The van der Waals surface area contributed by atoms with E-state index < -0.39 is 5.41 Å². The van der Waals surface area contributed by atoms with Gasteiger partial charge in [0, 0.05) is 33.5 Å². The predicted octanol–water partition coefficient (Wildman–Crippen LogP) is 12.0. The maximum absolute atomic E-state index is 6.67. The lowest BCUT2D eigenvalue weighted by atomic mass is 9.67. The van der Waals surface area contributed by atoms with Crippen LogP contribution in [-0.4, -0.2) is 15.2 Å². The Morgan fingerprint density at radius 3 is 1.65 bits per heavy atom. The zero-order chi connectivity index (χ0) is 38.7. The van der Waals surface area contributed by atoms with Crippen molar-refractivity contribution in [2.45, 2.75) is 25.3 Å². The largest absolute Gasteiger partial charge is 0.384 e. The van der Waals surface area contributed by atoms with Gasteiger partial charge >= 0.3 is 0 Å². The third-order valence-corrected chi connectivity index (χ3v) is 11.9. The van der Waals surface area contributed by atoms with E-state index in [1.165, 1.54) is 44.3 Å². The van der Waals surface area contributed by atoms with E-state index in [0.717, 1.165) is 39.4 Å².